The van der Waals surface area contributed by atoms with E-state index >= 15 is 0 Å². The van der Waals surface area contributed by atoms with Crippen LogP contribution in [0.15, 0.2) is 0 Å². The van der Waals surface area contributed by atoms with E-state index in [1.54, 1.807) is 23.6 Å². The van der Waals surface area contributed by atoms with Gasteiger partial charge in [0, 0.05) is 26.2 Å². The van der Waals surface area contributed by atoms with Gasteiger partial charge in [-0.3, -0.25) is 4.79 Å². The highest BCUT2D eigenvalue weighted by molar-refractivity contribution is 8.00. The molecule has 2 aliphatic heterocycles. The van der Waals surface area contributed by atoms with Gasteiger partial charge >= 0.3 is 6.09 Å². The lowest BCUT2D eigenvalue weighted by Gasteiger charge is -2.35. The topological polar surface area (TPSA) is 49.9 Å². The van der Waals surface area contributed by atoms with Crippen LogP contribution in [0.25, 0.3) is 0 Å². The average Bonchev–Trinajstić information content (AvgIpc) is 2.92. The van der Waals surface area contributed by atoms with Gasteiger partial charge in [0.15, 0.2) is 0 Å². The molecule has 0 bridgehead atoms. The van der Waals surface area contributed by atoms with Gasteiger partial charge in [-0.2, -0.15) is 0 Å². The van der Waals surface area contributed by atoms with Crippen molar-refractivity contribution in [3.05, 3.63) is 0 Å². The number of amides is 2. The first-order valence-electron chi connectivity index (χ1n) is 6.54. The molecular weight excluding hydrogens is 252 g/mol. The van der Waals surface area contributed by atoms with Crippen molar-refractivity contribution in [2.45, 2.75) is 25.0 Å². The molecule has 2 aliphatic rings. The molecule has 0 aliphatic carbocycles. The second-order valence-corrected chi connectivity index (χ2v) is 5.82. The van der Waals surface area contributed by atoms with Crippen LogP contribution in [0.5, 0.6) is 0 Å². The SMILES string of the molecule is CCOC(=O)N1CCN(C(=O)C2CCCS2)CC1. The van der Waals surface area contributed by atoms with E-state index in [0.717, 1.165) is 18.6 Å². The van der Waals surface area contributed by atoms with Gasteiger partial charge < -0.3 is 14.5 Å². The van der Waals surface area contributed by atoms with Crippen LogP contribution >= 0.6 is 11.8 Å². The summed E-state index contributed by atoms with van der Waals surface area (Å²) < 4.78 is 4.96. The minimum Gasteiger partial charge on any atom is -0.450 e. The molecule has 1 unspecified atom stereocenters. The number of carbonyl (C=O) groups excluding carboxylic acids is 2. The van der Waals surface area contributed by atoms with Crippen molar-refractivity contribution in [1.29, 1.82) is 0 Å². The lowest BCUT2D eigenvalue weighted by Crippen LogP contribution is -2.52. The first-order chi connectivity index (χ1) is 8.72. The van der Waals surface area contributed by atoms with Gasteiger partial charge in [0.2, 0.25) is 5.91 Å². The van der Waals surface area contributed by atoms with Gasteiger partial charge in [-0.1, -0.05) is 0 Å². The zero-order valence-corrected chi connectivity index (χ0v) is 11.6. The van der Waals surface area contributed by atoms with Gasteiger partial charge in [-0.15, -0.1) is 11.8 Å². The van der Waals surface area contributed by atoms with Crippen LogP contribution in [0.4, 0.5) is 4.79 Å². The third-order valence-electron chi connectivity index (χ3n) is 3.32. The van der Waals surface area contributed by atoms with Crippen molar-refractivity contribution < 1.29 is 14.3 Å². The molecule has 2 amide bonds. The van der Waals surface area contributed by atoms with Gasteiger partial charge in [0.1, 0.15) is 0 Å². The highest BCUT2D eigenvalue weighted by atomic mass is 32.2. The molecule has 0 spiro atoms. The van der Waals surface area contributed by atoms with Crippen LogP contribution in [0.1, 0.15) is 19.8 Å². The first-order valence-corrected chi connectivity index (χ1v) is 7.59. The maximum atomic E-state index is 12.2. The normalized spacial score (nSPS) is 24.2. The molecule has 18 heavy (non-hydrogen) atoms. The standard InChI is InChI=1S/C12H20N2O3S/c1-2-17-12(16)14-7-5-13(6-8-14)11(15)10-4-3-9-18-10/h10H,2-9H2,1H3. The Morgan fingerprint density at radius 1 is 1.22 bits per heavy atom. The number of thioether (sulfide) groups is 1. The fourth-order valence-corrected chi connectivity index (χ4v) is 3.54. The molecule has 2 heterocycles. The fourth-order valence-electron chi connectivity index (χ4n) is 2.30. The Labute approximate surface area is 112 Å². The summed E-state index contributed by atoms with van der Waals surface area (Å²) in [6, 6.07) is 0. The highest BCUT2D eigenvalue weighted by Crippen LogP contribution is 2.28. The molecule has 2 saturated heterocycles. The summed E-state index contributed by atoms with van der Waals surface area (Å²) >= 11 is 1.76. The van der Waals surface area contributed by atoms with E-state index in [4.69, 9.17) is 4.74 Å². The van der Waals surface area contributed by atoms with E-state index in [1.165, 1.54) is 0 Å². The summed E-state index contributed by atoms with van der Waals surface area (Å²) in [5.41, 5.74) is 0. The van der Waals surface area contributed by atoms with Gasteiger partial charge in [-0.25, -0.2) is 4.79 Å². The quantitative estimate of drug-likeness (QED) is 0.757. The van der Waals surface area contributed by atoms with Crippen molar-refractivity contribution in [2.24, 2.45) is 0 Å². The Bertz CT molecular complexity index is 310. The molecule has 6 heteroatoms. The molecule has 0 aromatic rings. The lowest BCUT2D eigenvalue weighted by molar-refractivity contribution is -0.132. The number of piperazine rings is 1. The van der Waals surface area contributed by atoms with Crippen molar-refractivity contribution in [1.82, 2.24) is 9.80 Å². The molecule has 0 radical (unpaired) electrons. The van der Waals surface area contributed by atoms with E-state index < -0.39 is 0 Å². The molecule has 102 valence electrons. The smallest absolute Gasteiger partial charge is 0.409 e. The van der Waals surface area contributed by atoms with E-state index in [2.05, 4.69) is 0 Å². The van der Waals surface area contributed by atoms with Crippen LogP contribution in [0.3, 0.4) is 0 Å². The minimum absolute atomic E-state index is 0.152. The molecule has 0 saturated carbocycles. The second kappa shape index (κ2) is 6.31. The zero-order valence-electron chi connectivity index (χ0n) is 10.8. The van der Waals surface area contributed by atoms with Crippen LogP contribution in [-0.4, -0.2) is 65.6 Å². The number of ether oxygens (including phenoxy) is 1. The monoisotopic (exact) mass is 272 g/mol. The largest absolute Gasteiger partial charge is 0.450 e. The number of nitrogens with zero attached hydrogens (tertiary/aromatic N) is 2. The average molecular weight is 272 g/mol. The van der Waals surface area contributed by atoms with Crippen LogP contribution in [0, 0.1) is 0 Å². The molecule has 2 rings (SSSR count). The molecule has 5 nitrogen and oxygen atoms in total. The highest BCUT2D eigenvalue weighted by Gasteiger charge is 2.31. The minimum atomic E-state index is -0.264. The number of hydrogen-bond acceptors (Lipinski definition) is 4. The van der Waals surface area contributed by atoms with Crippen molar-refractivity contribution >= 4 is 23.8 Å². The first kappa shape index (κ1) is 13.5. The molecule has 2 fully saturated rings. The van der Waals surface area contributed by atoms with E-state index in [0.29, 0.717) is 32.8 Å². The predicted octanol–water partition coefficient (Wildman–Crippen LogP) is 1.18. The van der Waals surface area contributed by atoms with Crippen molar-refractivity contribution in [3.8, 4) is 0 Å². The number of hydrogen-bond donors (Lipinski definition) is 0. The fraction of sp³-hybridized carbons (Fsp3) is 0.833. The lowest BCUT2D eigenvalue weighted by atomic mass is 10.2. The van der Waals surface area contributed by atoms with Crippen LogP contribution in [0.2, 0.25) is 0 Å². The Morgan fingerprint density at radius 3 is 2.44 bits per heavy atom. The summed E-state index contributed by atoms with van der Waals surface area (Å²) in [6.07, 6.45) is 1.88. The maximum absolute atomic E-state index is 12.2. The third-order valence-corrected chi connectivity index (χ3v) is 4.69. The number of carbonyl (C=O) groups is 2. The molecule has 0 N–H and O–H groups in total. The Balaban J connectivity index is 1.79. The number of rotatable bonds is 2. The molecule has 0 aromatic heterocycles. The van der Waals surface area contributed by atoms with E-state index in [-0.39, 0.29) is 17.3 Å². The van der Waals surface area contributed by atoms with Crippen molar-refractivity contribution in [2.75, 3.05) is 38.5 Å². The zero-order chi connectivity index (χ0) is 13.0. The summed E-state index contributed by atoms with van der Waals surface area (Å²) in [6.45, 7) is 4.64. The van der Waals surface area contributed by atoms with Gasteiger partial charge in [-0.05, 0) is 25.5 Å². The summed E-state index contributed by atoms with van der Waals surface area (Å²) in [7, 11) is 0. The Hall–Kier alpha value is -0.910. The van der Waals surface area contributed by atoms with Gasteiger partial charge in [0.05, 0.1) is 11.9 Å². The second-order valence-electron chi connectivity index (χ2n) is 4.51. The predicted molar refractivity (Wildman–Crippen MR) is 70.7 cm³/mol. The summed E-state index contributed by atoms with van der Waals surface area (Å²) in [5, 5.41) is 0.152. The summed E-state index contributed by atoms with van der Waals surface area (Å²) in [4.78, 5) is 27.3. The Morgan fingerprint density at radius 2 is 1.89 bits per heavy atom. The van der Waals surface area contributed by atoms with Crippen LogP contribution < -0.4 is 0 Å². The van der Waals surface area contributed by atoms with Crippen molar-refractivity contribution in [3.63, 3.8) is 0 Å². The summed E-state index contributed by atoms with van der Waals surface area (Å²) in [5.74, 6) is 1.35. The maximum Gasteiger partial charge on any atom is 0.409 e. The molecule has 1 atom stereocenters. The van der Waals surface area contributed by atoms with E-state index in [1.807, 2.05) is 4.90 Å². The Kier molecular flexibility index (Phi) is 4.74. The van der Waals surface area contributed by atoms with Crippen LogP contribution in [-0.2, 0) is 9.53 Å². The molecular formula is C12H20N2O3S. The van der Waals surface area contributed by atoms with E-state index in [9.17, 15) is 9.59 Å². The molecule has 0 aromatic carbocycles. The van der Waals surface area contributed by atoms with Gasteiger partial charge in [0.25, 0.3) is 0 Å². The third kappa shape index (κ3) is 3.10.